The van der Waals surface area contributed by atoms with E-state index in [4.69, 9.17) is 18.9 Å². The largest absolute Gasteiger partial charge is 0.493 e. The summed E-state index contributed by atoms with van der Waals surface area (Å²) in [4.78, 5) is 11.5. The van der Waals surface area contributed by atoms with Gasteiger partial charge in [0.1, 0.15) is 0 Å². The molecule has 1 aromatic carbocycles. The normalized spacial score (nSPS) is 28.9. The van der Waals surface area contributed by atoms with Gasteiger partial charge in [-0.05, 0) is 17.7 Å². The fourth-order valence-corrected chi connectivity index (χ4v) is 2.77. The number of carbonyl (C=O) groups is 1. The van der Waals surface area contributed by atoms with Crippen LogP contribution < -0.4 is 9.47 Å². The highest BCUT2D eigenvalue weighted by atomic mass is 16.6. The average molecular weight is 264 g/mol. The summed E-state index contributed by atoms with van der Waals surface area (Å²) in [6.07, 6.45) is -0.115. The third kappa shape index (κ3) is 1.94. The van der Waals surface area contributed by atoms with Gasteiger partial charge >= 0.3 is 5.97 Å². The summed E-state index contributed by atoms with van der Waals surface area (Å²) < 4.78 is 21.4. The first-order valence-corrected chi connectivity index (χ1v) is 6.24. The molecule has 0 N–H and O–H groups in total. The molecule has 2 fully saturated rings. The summed E-state index contributed by atoms with van der Waals surface area (Å²) >= 11 is 0. The lowest BCUT2D eigenvalue weighted by Crippen LogP contribution is -2.14. The number of esters is 1. The van der Waals surface area contributed by atoms with E-state index in [-0.39, 0.29) is 23.9 Å². The van der Waals surface area contributed by atoms with Crippen LogP contribution in [-0.2, 0) is 14.3 Å². The van der Waals surface area contributed by atoms with Gasteiger partial charge in [-0.2, -0.15) is 0 Å². The van der Waals surface area contributed by atoms with E-state index in [9.17, 15) is 4.79 Å². The second-order valence-corrected chi connectivity index (χ2v) is 4.77. The SMILES string of the molecule is COc1ccc([C@H]2OC[C@H]3C(=O)OC[C@@H]23)cc1OC. The van der Waals surface area contributed by atoms with Crippen LogP contribution in [0, 0.1) is 11.8 Å². The zero-order valence-electron chi connectivity index (χ0n) is 10.9. The zero-order chi connectivity index (χ0) is 13.4. The zero-order valence-corrected chi connectivity index (χ0v) is 10.9. The van der Waals surface area contributed by atoms with Gasteiger partial charge in [-0.15, -0.1) is 0 Å². The molecule has 0 spiro atoms. The number of methoxy groups -OCH3 is 2. The molecule has 2 heterocycles. The van der Waals surface area contributed by atoms with Gasteiger partial charge in [-0.25, -0.2) is 0 Å². The molecule has 2 saturated heterocycles. The molecule has 0 aromatic heterocycles. The summed E-state index contributed by atoms with van der Waals surface area (Å²) in [6.45, 7) is 0.866. The van der Waals surface area contributed by atoms with E-state index in [1.54, 1.807) is 14.2 Å². The maximum Gasteiger partial charge on any atom is 0.311 e. The van der Waals surface area contributed by atoms with E-state index in [1.807, 2.05) is 18.2 Å². The van der Waals surface area contributed by atoms with Gasteiger partial charge in [0, 0.05) is 5.92 Å². The van der Waals surface area contributed by atoms with Gasteiger partial charge < -0.3 is 18.9 Å². The van der Waals surface area contributed by atoms with E-state index < -0.39 is 0 Å². The lowest BCUT2D eigenvalue weighted by Gasteiger charge is -2.17. The molecule has 5 heteroatoms. The minimum Gasteiger partial charge on any atom is -0.493 e. The smallest absolute Gasteiger partial charge is 0.311 e. The molecule has 0 unspecified atom stereocenters. The van der Waals surface area contributed by atoms with Crippen molar-refractivity contribution < 1.29 is 23.7 Å². The van der Waals surface area contributed by atoms with Crippen molar-refractivity contribution in [1.82, 2.24) is 0 Å². The van der Waals surface area contributed by atoms with Crippen LogP contribution in [0.5, 0.6) is 11.5 Å². The van der Waals surface area contributed by atoms with Crippen LogP contribution in [0.25, 0.3) is 0 Å². The van der Waals surface area contributed by atoms with Crippen molar-refractivity contribution >= 4 is 5.97 Å². The molecule has 0 aliphatic carbocycles. The molecule has 0 saturated carbocycles. The molecule has 0 bridgehead atoms. The number of rotatable bonds is 3. The molecule has 0 radical (unpaired) electrons. The molecular formula is C14H16O5. The molecule has 5 nitrogen and oxygen atoms in total. The van der Waals surface area contributed by atoms with Crippen LogP contribution in [0.3, 0.4) is 0 Å². The first-order valence-electron chi connectivity index (χ1n) is 6.24. The second-order valence-electron chi connectivity index (χ2n) is 4.77. The summed E-state index contributed by atoms with van der Waals surface area (Å²) in [5, 5.41) is 0. The highest BCUT2D eigenvalue weighted by Crippen LogP contribution is 2.44. The van der Waals surface area contributed by atoms with Gasteiger partial charge in [-0.1, -0.05) is 6.07 Å². The quantitative estimate of drug-likeness (QED) is 0.775. The maximum atomic E-state index is 11.5. The first kappa shape index (κ1) is 12.3. The van der Waals surface area contributed by atoms with Crippen molar-refractivity contribution in [3.8, 4) is 11.5 Å². The van der Waals surface area contributed by atoms with Gasteiger partial charge in [0.05, 0.1) is 39.5 Å². The Balaban J connectivity index is 1.89. The van der Waals surface area contributed by atoms with Crippen molar-refractivity contribution in [2.24, 2.45) is 11.8 Å². The number of benzene rings is 1. The van der Waals surface area contributed by atoms with Crippen LogP contribution in [0.1, 0.15) is 11.7 Å². The minimum absolute atomic E-state index is 0.102. The first-order chi connectivity index (χ1) is 9.24. The summed E-state index contributed by atoms with van der Waals surface area (Å²) in [7, 11) is 3.20. The molecule has 102 valence electrons. The van der Waals surface area contributed by atoms with Crippen molar-refractivity contribution in [2.45, 2.75) is 6.10 Å². The Hall–Kier alpha value is -1.75. The van der Waals surface area contributed by atoms with Crippen LogP contribution in [0.15, 0.2) is 18.2 Å². The molecule has 2 aliphatic heterocycles. The number of fused-ring (bicyclic) bond motifs is 1. The Morgan fingerprint density at radius 3 is 2.68 bits per heavy atom. The standard InChI is InChI=1S/C14H16O5/c1-16-11-4-3-8(5-12(11)17-2)13-9-6-19-14(15)10(9)7-18-13/h3-5,9-10,13H,6-7H2,1-2H3/t9-,10-,13-/m1/s1. The fourth-order valence-electron chi connectivity index (χ4n) is 2.77. The van der Waals surface area contributed by atoms with Crippen LogP contribution in [0.4, 0.5) is 0 Å². The average Bonchev–Trinajstić information content (AvgIpc) is 3.01. The fraction of sp³-hybridized carbons (Fsp3) is 0.500. The third-order valence-corrected chi connectivity index (χ3v) is 3.82. The minimum atomic E-state index is -0.145. The van der Waals surface area contributed by atoms with E-state index in [0.29, 0.717) is 24.7 Å². The Kier molecular flexibility index (Phi) is 3.06. The van der Waals surface area contributed by atoms with Gasteiger partial charge in [-0.3, -0.25) is 4.79 Å². The predicted octanol–water partition coefficient (Wildman–Crippen LogP) is 1.56. The summed E-state index contributed by atoms with van der Waals surface area (Å²) in [5.74, 6) is 1.17. The molecule has 1 aromatic rings. The molecule has 3 atom stereocenters. The Bertz CT molecular complexity index is 499. The van der Waals surface area contributed by atoms with Crippen LogP contribution >= 0.6 is 0 Å². The molecule has 19 heavy (non-hydrogen) atoms. The van der Waals surface area contributed by atoms with Crippen molar-refractivity contribution in [1.29, 1.82) is 0 Å². The summed E-state index contributed by atoms with van der Waals surface area (Å²) in [5.41, 5.74) is 0.989. The lowest BCUT2D eigenvalue weighted by atomic mass is 9.90. The monoisotopic (exact) mass is 264 g/mol. The molecule has 2 aliphatic rings. The third-order valence-electron chi connectivity index (χ3n) is 3.82. The summed E-state index contributed by atoms with van der Waals surface area (Å²) in [6, 6.07) is 5.69. The second kappa shape index (κ2) is 4.74. The van der Waals surface area contributed by atoms with E-state index in [2.05, 4.69) is 0 Å². The number of ether oxygens (including phenoxy) is 4. The Morgan fingerprint density at radius 1 is 1.16 bits per heavy atom. The lowest BCUT2D eigenvalue weighted by molar-refractivity contribution is -0.142. The molecular weight excluding hydrogens is 248 g/mol. The van der Waals surface area contributed by atoms with E-state index in [1.165, 1.54) is 0 Å². The molecule has 0 amide bonds. The maximum absolute atomic E-state index is 11.5. The topological polar surface area (TPSA) is 54.0 Å². The Morgan fingerprint density at radius 2 is 1.95 bits per heavy atom. The van der Waals surface area contributed by atoms with Crippen LogP contribution in [-0.4, -0.2) is 33.4 Å². The molecule has 3 rings (SSSR count). The van der Waals surface area contributed by atoms with Crippen molar-refractivity contribution in [3.63, 3.8) is 0 Å². The van der Waals surface area contributed by atoms with Crippen LogP contribution in [0.2, 0.25) is 0 Å². The number of cyclic esters (lactones) is 1. The highest BCUT2D eigenvalue weighted by Gasteiger charge is 2.48. The number of hydrogen-bond donors (Lipinski definition) is 0. The number of hydrogen-bond acceptors (Lipinski definition) is 5. The van der Waals surface area contributed by atoms with E-state index in [0.717, 1.165) is 5.56 Å². The van der Waals surface area contributed by atoms with E-state index >= 15 is 0 Å². The van der Waals surface area contributed by atoms with Gasteiger partial charge in [0.25, 0.3) is 0 Å². The highest BCUT2D eigenvalue weighted by molar-refractivity contribution is 5.75. The Labute approximate surface area is 111 Å². The van der Waals surface area contributed by atoms with Crippen molar-refractivity contribution in [3.05, 3.63) is 23.8 Å². The number of carbonyl (C=O) groups excluding carboxylic acids is 1. The van der Waals surface area contributed by atoms with Gasteiger partial charge in [0.2, 0.25) is 0 Å². The van der Waals surface area contributed by atoms with Crippen molar-refractivity contribution in [2.75, 3.05) is 27.4 Å². The predicted molar refractivity (Wildman–Crippen MR) is 66.2 cm³/mol. The van der Waals surface area contributed by atoms with Gasteiger partial charge in [0.15, 0.2) is 11.5 Å².